The van der Waals surface area contributed by atoms with E-state index in [0.29, 0.717) is 5.75 Å². The van der Waals surface area contributed by atoms with E-state index in [4.69, 9.17) is 9.47 Å². The molecule has 0 saturated carbocycles. The number of nitrogens with zero attached hydrogens (tertiary/aromatic N) is 1. The van der Waals surface area contributed by atoms with E-state index in [-0.39, 0.29) is 17.8 Å². The molecule has 132 valence electrons. The Morgan fingerprint density at radius 1 is 1.20 bits per heavy atom. The number of likely N-dealkylation sites (tertiary alicyclic amines) is 1. The molecule has 3 rings (SSSR count). The van der Waals surface area contributed by atoms with E-state index in [1.807, 2.05) is 18.2 Å². The van der Waals surface area contributed by atoms with Crippen molar-refractivity contribution in [2.24, 2.45) is 0 Å². The van der Waals surface area contributed by atoms with Gasteiger partial charge in [0.2, 0.25) is 0 Å². The van der Waals surface area contributed by atoms with Crippen LogP contribution < -0.4 is 9.47 Å². The van der Waals surface area contributed by atoms with E-state index >= 15 is 0 Å². The molecule has 0 radical (unpaired) electrons. The van der Waals surface area contributed by atoms with E-state index in [1.165, 1.54) is 17.7 Å². The van der Waals surface area contributed by atoms with Gasteiger partial charge in [-0.05, 0) is 48.4 Å². The molecule has 0 spiro atoms. The first-order chi connectivity index (χ1) is 12.2. The molecule has 0 aliphatic carbocycles. The third-order valence-corrected chi connectivity index (χ3v) is 4.64. The Bertz CT molecular complexity index is 701. The predicted molar refractivity (Wildman–Crippen MR) is 97.8 cm³/mol. The lowest BCUT2D eigenvalue weighted by molar-refractivity contribution is 0.0833. The normalized spacial score (nSPS) is 20.9. The smallest absolute Gasteiger partial charge is 0.123 e. The number of benzene rings is 2. The molecule has 0 amide bonds. The SMILES string of the molecule is C=CCN1CC[C@@H](Oc2ccc(F)cc2)[C@H](c2cccc(OC)c2)C1. The van der Waals surface area contributed by atoms with Gasteiger partial charge in [0.1, 0.15) is 23.4 Å². The Morgan fingerprint density at radius 3 is 2.72 bits per heavy atom. The van der Waals surface area contributed by atoms with Crippen LogP contribution in [0.3, 0.4) is 0 Å². The zero-order valence-corrected chi connectivity index (χ0v) is 14.5. The Kier molecular flexibility index (Phi) is 5.71. The van der Waals surface area contributed by atoms with Crippen LogP contribution in [0, 0.1) is 5.82 Å². The van der Waals surface area contributed by atoms with Crippen molar-refractivity contribution in [3.8, 4) is 11.5 Å². The lowest BCUT2D eigenvalue weighted by atomic mass is 9.87. The third kappa shape index (κ3) is 4.40. The van der Waals surface area contributed by atoms with Gasteiger partial charge in [0.05, 0.1) is 7.11 Å². The summed E-state index contributed by atoms with van der Waals surface area (Å²) in [6.07, 6.45) is 2.88. The highest BCUT2D eigenvalue weighted by atomic mass is 19.1. The molecule has 4 heteroatoms. The molecule has 0 aromatic heterocycles. The predicted octanol–water partition coefficient (Wildman–Crippen LogP) is 4.26. The molecule has 1 fully saturated rings. The van der Waals surface area contributed by atoms with Crippen molar-refractivity contribution < 1.29 is 13.9 Å². The summed E-state index contributed by atoms with van der Waals surface area (Å²) in [5.41, 5.74) is 1.19. The van der Waals surface area contributed by atoms with E-state index in [1.54, 1.807) is 19.2 Å². The van der Waals surface area contributed by atoms with Crippen molar-refractivity contribution in [2.75, 3.05) is 26.7 Å². The Hall–Kier alpha value is -2.33. The fourth-order valence-electron chi connectivity index (χ4n) is 3.37. The zero-order chi connectivity index (χ0) is 17.6. The summed E-state index contributed by atoms with van der Waals surface area (Å²) in [5.74, 6) is 1.52. The Labute approximate surface area is 148 Å². The topological polar surface area (TPSA) is 21.7 Å². The van der Waals surface area contributed by atoms with Gasteiger partial charge >= 0.3 is 0 Å². The first-order valence-corrected chi connectivity index (χ1v) is 8.59. The monoisotopic (exact) mass is 341 g/mol. The second-order valence-corrected chi connectivity index (χ2v) is 6.33. The van der Waals surface area contributed by atoms with Gasteiger partial charge in [-0.3, -0.25) is 4.90 Å². The van der Waals surface area contributed by atoms with Crippen molar-refractivity contribution in [3.05, 3.63) is 72.6 Å². The molecule has 3 nitrogen and oxygen atoms in total. The Morgan fingerprint density at radius 2 is 2.00 bits per heavy atom. The van der Waals surface area contributed by atoms with Gasteiger partial charge in [-0.15, -0.1) is 6.58 Å². The van der Waals surface area contributed by atoms with Crippen molar-refractivity contribution >= 4 is 0 Å². The first kappa shape index (κ1) is 17.5. The lowest BCUT2D eigenvalue weighted by Crippen LogP contribution is -2.44. The number of rotatable bonds is 6. The van der Waals surface area contributed by atoms with Crippen LogP contribution in [-0.4, -0.2) is 37.7 Å². The van der Waals surface area contributed by atoms with Crippen molar-refractivity contribution in [1.82, 2.24) is 4.90 Å². The molecular weight excluding hydrogens is 317 g/mol. The quantitative estimate of drug-likeness (QED) is 0.733. The minimum Gasteiger partial charge on any atom is -0.497 e. The highest BCUT2D eigenvalue weighted by Crippen LogP contribution is 2.32. The van der Waals surface area contributed by atoms with Gasteiger partial charge in [0.25, 0.3) is 0 Å². The lowest BCUT2D eigenvalue weighted by Gasteiger charge is -2.38. The van der Waals surface area contributed by atoms with Crippen LogP contribution in [-0.2, 0) is 0 Å². The molecular formula is C21H24FNO2. The summed E-state index contributed by atoms with van der Waals surface area (Å²) in [4.78, 5) is 2.38. The zero-order valence-electron chi connectivity index (χ0n) is 14.5. The number of hydrogen-bond acceptors (Lipinski definition) is 3. The van der Waals surface area contributed by atoms with Gasteiger partial charge in [-0.2, -0.15) is 0 Å². The van der Waals surface area contributed by atoms with E-state index in [9.17, 15) is 4.39 Å². The summed E-state index contributed by atoms with van der Waals surface area (Å²) in [5, 5.41) is 0. The molecule has 2 aromatic carbocycles. The van der Waals surface area contributed by atoms with Crippen LogP contribution in [0.5, 0.6) is 11.5 Å². The maximum Gasteiger partial charge on any atom is 0.123 e. The fraction of sp³-hybridized carbons (Fsp3) is 0.333. The first-order valence-electron chi connectivity index (χ1n) is 8.59. The largest absolute Gasteiger partial charge is 0.497 e. The molecule has 25 heavy (non-hydrogen) atoms. The number of halogens is 1. The Balaban J connectivity index is 1.83. The molecule has 1 aliphatic rings. The molecule has 2 aromatic rings. The van der Waals surface area contributed by atoms with Gasteiger partial charge in [-0.1, -0.05) is 18.2 Å². The van der Waals surface area contributed by atoms with Crippen molar-refractivity contribution in [1.29, 1.82) is 0 Å². The van der Waals surface area contributed by atoms with Crippen LogP contribution in [0.25, 0.3) is 0 Å². The van der Waals surface area contributed by atoms with Gasteiger partial charge < -0.3 is 9.47 Å². The summed E-state index contributed by atoms with van der Waals surface area (Å²) in [6, 6.07) is 14.4. The highest BCUT2D eigenvalue weighted by molar-refractivity contribution is 5.33. The second kappa shape index (κ2) is 8.17. The van der Waals surface area contributed by atoms with Gasteiger partial charge in [0, 0.05) is 25.6 Å². The van der Waals surface area contributed by atoms with Crippen LogP contribution in [0.15, 0.2) is 61.2 Å². The second-order valence-electron chi connectivity index (χ2n) is 6.33. The standard InChI is InChI=1S/C21H24FNO2/c1-3-12-23-13-11-21(25-18-9-7-17(22)8-10-18)20(15-23)16-5-4-6-19(14-16)24-2/h3-10,14,20-21H,1,11-13,15H2,2H3/t20-,21+/m0/s1. The van der Waals surface area contributed by atoms with Gasteiger partial charge in [-0.25, -0.2) is 4.39 Å². The molecule has 1 saturated heterocycles. The highest BCUT2D eigenvalue weighted by Gasteiger charge is 2.32. The van der Waals surface area contributed by atoms with E-state index in [0.717, 1.165) is 31.8 Å². The van der Waals surface area contributed by atoms with Crippen molar-refractivity contribution in [3.63, 3.8) is 0 Å². The minimum absolute atomic E-state index is 0.0404. The van der Waals surface area contributed by atoms with Crippen LogP contribution in [0.2, 0.25) is 0 Å². The average Bonchev–Trinajstić information content (AvgIpc) is 2.65. The number of hydrogen-bond donors (Lipinski definition) is 0. The van der Waals surface area contributed by atoms with Crippen LogP contribution in [0.1, 0.15) is 17.9 Å². The van der Waals surface area contributed by atoms with Gasteiger partial charge in [0.15, 0.2) is 0 Å². The summed E-state index contributed by atoms with van der Waals surface area (Å²) in [6.45, 7) is 6.56. The molecule has 0 bridgehead atoms. The van der Waals surface area contributed by atoms with Crippen LogP contribution >= 0.6 is 0 Å². The molecule has 1 heterocycles. The molecule has 0 unspecified atom stereocenters. The summed E-state index contributed by atoms with van der Waals surface area (Å²) in [7, 11) is 1.68. The molecule has 0 N–H and O–H groups in total. The van der Waals surface area contributed by atoms with Crippen LogP contribution in [0.4, 0.5) is 4.39 Å². The maximum absolute atomic E-state index is 13.1. The summed E-state index contributed by atoms with van der Waals surface area (Å²) < 4.78 is 24.7. The summed E-state index contributed by atoms with van der Waals surface area (Å²) >= 11 is 0. The van der Waals surface area contributed by atoms with Crippen molar-refractivity contribution in [2.45, 2.75) is 18.4 Å². The maximum atomic E-state index is 13.1. The van der Waals surface area contributed by atoms with E-state index < -0.39 is 0 Å². The number of piperidine rings is 1. The fourth-order valence-corrected chi connectivity index (χ4v) is 3.37. The number of methoxy groups -OCH3 is 1. The average molecular weight is 341 g/mol. The molecule has 1 aliphatic heterocycles. The number of ether oxygens (including phenoxy) is 2. The third-order valence-electron chi connectivity index (χ3n) is 4.64. The van der Waals surface area contributed by atoms with E-state index in [2.05, 4.69) is 23.6 Å². The molecule has 2 atom stereocenters. The minimum atomic E-state index is -0.252.